The summed E-state index contributed by atoms with van der Waals surface area (Å²) in [6.45, 7) is -1.85. The quantitative estimate of drug-likeness (QED) is 0.933. The van der Waals surface area contributed by atoms with Crippen molar-refractivity contribution >= 4 is 11.7 Å². The molecule has 4 nitrogen and oxygen atoms in total. The number of alkyl halides is 2. The Morgan fingerprint density at radius 1 is 1.09 bits per heavy atom. The van der Waals surface area contributed by atoms with Crippen molar-refractivity contribution in [2.75, 3.05) is 11.9 Å². The highest BCUT2D eigenvalue weighted by Gasteiger charge is 2.21. The van der Waals surface area contributed by atoms with E-state index in [1.165, 1.54) is 17.7 Å². The minimum absolute atomic E-state index is 0.0479. The number of hydrogen-bond donors (Lipinski definition) is 1. The molecular weight excluding hydrogens is 302 g/mol. The first-order valence-electron chi connectivity index (χ1n) is 7.30. The lowest BCUT2D eigenvalue weighted by atomic mass is 10.0. The molecule has 1 N–H and O–H groups in total. The average molecular weight is 318 g/mol. The van der Waals surface area contributed by atoms with Gasteiger partial charge in [-0.3, -0.25) is 0 Å². The second-order valence-corrected chi connectivity index (χ2v) is 5.25. The van der Waals surface area contributed by atoms with Crippen LogP contribution in [0.3, 0.4) is 0 Å². The maximum atomic E-state index is 12.4. The minimum atomic E-state index is -2.94. The fraction of sp³-hybridized carbons (Fsp3) is 0.235. The first-order valence-corrected chi connectivity index (χ1v) is 7.30. The number of halogens is 2. The van der Waals surface area contributed by atoms with E-state index in [-0.39, 0.29) is 17.5 Å². The summed E-state index contributed by atoms with van der Waals surface area (Å²) in [5, 5.41) is 2.65. The van der Waals surface area contributed by atoms with Crippen LogP contribution >= 0.6 is 0 Å². The van der Waals surface area contributed by atoms with Crippen LogP contribution in [0.15, 0.2) is 48.5 Å². The zero-order valence-electron chi connectivity index (χ0n) is 12.3. The first-order chi connectivity index (χ1) is 11.1. The van der Waals surface area contributed by atoms with Gasteiger partial charge in [0.25, 0.3) is 0 Å². The predicted molar refractivity (Wildman–Crippen MR) is 82.6 cm³/mol. The number of carbonyl (C=O) groups is 1. The molecule has 3 rings (SSSR count). The van der Waals surface area contributed by atoms with E-state index in [2.05, 4.69) is 16.1 Å². The Bertz CT molecular complexity index is 706. The third kappa shape index (κ3) is 3.59. The van der Waals surface area contributed by atoms with Gasteiger partial charge in [-0.05, 0) is 29.7 Å². The topological polar surface area (TPSA) is 41.6 Å². The molecule has 0 atom stereocenters. The molecule has 1 aliphatic heterocycles. The smallest absolute Gasteiger partial charge is 0.387 e. The van der Waals surface area contributed by atoms with Crippen molar-refractivity contribution in [3.63, 3.8) is 0 Å². The maximum absolute atomic E-state index is 12.4. The highest BCUT2D eigenvalue weighted by molar-refractivity contribution is 5.91. The van der Waals surface area contributed by atoms with Crippen LogP contribution in [0.1, 0.15) is 11.1 Å². The van der Waals surface area contributed by atoms with Crippen molar-refractivity contribution in [3.8, 4) is 5.75 Å². The lowest BCUT2D eigenvalue weighted by molar-refractivity contribution is -0.0493. The maximum Gasteiger partial charge on any atom is 0.387 e. The van der Waals surface area contributed by atoms with E-state index in [4.69, 9.17) is 0 Å². The Hall–Kier alpha value is -2.63. The standard InChI is InChI=1S/C17H16F2N2O2/c18-16(19)23-15-8-4-3-7-14(15)20-17(22)21-10-9-12-5-1-2-6-13(12)11-21/h1-8,16H,9-11H2,(H,20,22). The van der Waals surface area contributed by atoms with Crippen LogP contribution in [0.2, 0.25) is 0 Å². The van der Waals surface area contributed by atoms with Crippen molar-refractivity contribution in [2.24, 2.45) is 0 Å². The molecule has 23 heavy (non-hydrogen) atoms. The number of urea groups is 1. The molecule has 0 radical (unpaired) electrons. The van der Waals surface area contributed by atoms with Crippen LogP contribution in [0.4, 0.5) is 19.3 Å². The molecule has 2 aromatic rings. The summed E-state index contributed by atoms with van der Waals surface area (Å²) in [6.07, 6.45) is 0.777. The molecule has 120 valence electrons. The third-order valence-corrected chi connectivity index (χ3v) is 3.76. The molecule has 2 aromatic carbocycles. The van der Waals surface area contributed by atoms with Crippen molar-refractivity contribution in [1.82, 2.24) is 4.90 Å². The number of benzene rings is 2. The molecule has 0 saturated heterocycles. The Kier molecular flexibility index (Phi) is 4.41. The van der Waals surface area contributed by atoms with Gasteiger partial charge in [-0.15, -0.1) is 0 Å². The Morgan fingerprint density at radius 2 is 1.78 bits per heavy atom. The van der Waals surface area contributed by atoms with Gasteiger partial charge >= 0.3 is 12.6 Å². The molecule has 0 saturated carbocycles. The summed E-state index contributed by atoms with van der Waals surface area (Å²) in [7, 11) is 0. The van der Waals surface area contributed by atoms with Gasteiger partial charge in [0.05, 0.1) is 5.69 Å². The Morgan fingerprint density at radius 3 is 2.57 bits per heavy atom. The van der Waals surface area contributed by atoms with Crippen LogP contribution in [0, 0.1) is 0 Å². The molecule has 0 fully saturated rings. The zero-order chi connectivity index (χ0) is 16.2. The molecule has 0 aromatic heterocycles. The van der Waals surface area contributed by atoms with E-state index < -0.39 is 6.61 Å². The van der Waals surface area contributed by atoms with Crippen molar-refractivity contribution in [3.05, 3.63) is 59.7 Å². The van der Waals surface area contributed by atoms with Crippen LogP contribution in [-0.4, -0.2) is 24.1 Å². The number of fused-ring (bicyclic) bond motifs is 1. The zero-order valence-corrected chi connectivity index (χ0v) is 12.3. The number of carbonyl (C=O) groups excluding carboxylic acids is 1. The van der Waals surface area contributed by atoms with E-state index in [0.717, 1.165) is 12.0 Å². The second kappa shape index (κ2) is 6.64. The van der Waals surface area contributed by atoms with Gasteiger partial charge in [0.1, 0.15) is 5.75 Å². The number of hydrogen-bond acceptors (Lipinski definition) is 2. The van der Waals surface area contributed by atoms with Gasteiger partial charge in [0.2, 0.25) is 0 Å². The summed E-state index contributed by atoms with van der Waals surface area (Å²) in [6, 6.07) is 13.8. The van der Waals surface area contributed by atoms with Crippen LogP contribution < -0.4 is 10.1 Å². The van der Waals surface area contributed by atoms with Crippen molar-refractivity contribution in [1.29, 1.82) is 0 Å². The minimum Gasteiger partial charge on any atom is -0.433 e. The number of ether oxygens (including phenoxy) is 1. The molecule has 1 heterocycles. The Balaban J connectivity index is 1.71. The van der Waals surface area contributed by atoms with Crippen molar-refractivity contribution < 1.29 is 18.3 Å². The summed E-state index contributed by atoms with van der Waals surface area (Å²) < 4.78 is 29.2. The fourth-order valence-electron chi connectivity index (χ4n) is 2.63. The van der Waals surface area contributed by atoms with E-state index in [0.29, 0.717) is 13.1 Å². The van der Waals surface area contributed by atoms with Crippen LogP contribution in [0.25, 0.3) is 0 Å². The molecule has 1 aliphatic rings. The van der Waals surface area contributed by atoms with Gasteiger partial charge < -0.3 is 15.0 Å². The van der Waals surface area contributed by atoms with Gasteiger partial charge in [-0.1, -0.05) is 36.4 Å². The SMILES string of the molecule is O=C(Nc1ccccc1OC(F)F)N1CCc2ccccc2C1. The Labute approximate surface area is 132 Å². The molecular formula is C17H16F2N2O2. The largest absolute Gasteiger partial charge is 0.433 e. The van der Waals surface area contributed by atoms with E-state index in [1.54, 1.807) is 17.0 Å². The van der Waals surface area contributed by atoms with Gasteiger partial charge in [-0.25, -0.2) is 4.79 Å². The van der Waals surface area contributed by atoms with Gasteiger partial charge in [0.15, 0.2) is 0 Å². The lowest BCUT2D eigenvalue weighted by Crippen LogP contribution is -2.38. The monoisotopic (exact) mass is 318 g/mol. The van der Waals surface area contributed by atoms with Crippen LogP contribution in [-0.2, 0) is 13.0 Å². The lowest BCUT2D eigenvalue weighted by Gasteiger charge is -2.29. The number of para-hydroxylation sites is 2. The number of rotatable bonds is 3. The number of amides is 2. The van der Waals surface area contributed by atoms with Crippen LogP contribution in [0.5, 0.6) is 5.75 Å². The predicted octanol–water partition coefficient (Wildman–Crippen LogP) is 3.88. The highest BCUT2D eigenvalue weighted by atomic mass is 19.3. The normalized spacial score (nSPS) is 13.6. The molecule has 0 aliphatic carbocycles. The van der Waals surface area contributed by atoms with E-state index in [9.17, 15) is 13.6 Å². The van der Waals surface area contributed by atoms with E-state index in [1.807, 2.05) is 18.2 Å². The molecule has 0 unspecified atom stereocenters. The van der Waals surface area contributed by atoms with E-state index >= 15 is 0 Å². The highest BCUT2D eigenvalue weighted by Crippen LogP contribution is 2.26. The molecule has 0 bridgehead atoms. The van der Waals surface area contributed by atoms with Crippen molar-refractivity contribution in [2.45, 2.75) is 19.6 Å². The number of anilines is 1. The molecule has 2 amide bonds. The third-order valence-electron chi connectivity index (χ3n) is 3.76. The summed E-state index contributed by atoms with van der Waals surface area (Å²) >= 11 is 0. The van der Waals surface area contributed by atoms with Gasteiger partial charge in [-0.2, -0.15) is 8.78 Å². The van der Waals surface area contributed by atoms with Gasteiger partial charge in [0, 0.05) is 13.1 Å². The summed E-state index contributed by atoms with van der Waals surface area (Å²) in [5.74, 6) is -0.0479. The summed E-state index contributed by atoms with van der Waals surface area (Å²) in [4.78, 5) is 14.0. The number of nitrogens with zero attached hydrogens (tertiary/aromatic N) is 1. The summed E-state index contributed by atoms with van der Waals surface area (Å²) in [5.41, 5.74) is 2.57. The number of nitrogens with one attached hydrogen (secondary N) is 1. The second-order valence-electron chi connectivity index (χ2n) is 5.25. The average Bonchev–Trinajstić information content (AvgIpc) is 2.55. The molecule has 0 spiro atoms. The fourth-order valence-corrected chi connectivity index (χ4v) is 2.63. The molecule has 6 heteroatoms. The first kappa shape index (κ1) is 15.3.